The summed E-state index contributed by atoms with van der Waals surface area (Å²) in [6.07, 6.45) is -4.67. The Morgan fingerprint density at radius 2 is 1.28 bits per heavy atom. The van der Waals surface area contributed by atoms with Crippen LogP contribution in [0.25, 0.3) is 22.3 Å². The molecule has 0 aliphatic carbocycles. The lowest BCUT2D eigenvalue weighted by atomic mass is 9.89. The summed E-state index contributed by atoms with van der Waals surface area (Å²) < 4.78 is 38.4. The fourth-order valence-electron chi connectivity index (χ4n) is 5.18. The number of nitrogens with one attached hydrogen (secondary N) is 1. The minimum absolute atomic E-state index is 0.132. The van der Waals surface area contributed by atoms with E-state index in [-0.39, 0.29) is 17.9 Å². The summed E-state index contributed by atoms with van der Waals surface area (Å²) in [7, 11) is 0. The van der Waals surface area contributed by atoms with Crippen LogP contribution < -0.4 is 5.32 Å². The maximum absolute atomic E-state index is 13.7. The van der Waals surface area contributed by atoms with Crippen LogP contribution in [0.5, 0.6) is 0 Å². The summed E-state index contributed by atoms with van der Waals surface area (Å²) in [5, 5.41) is 12.9. The highest BCUT2D eigenvalue weighted by atomic mass is 35.5. The van der Waals surface area contributed by atoms with Gasteiger partial charge in [0.1, 0.15) is 0 Å². The summed E-state index contributed by atoms with van der Waals surface area (Å²) in [4.78, 5) is 36.6. The number of hydrogen-bond acceptors (Lipinski definition) is 3. The molecule has 1 amide bonds. The van der Waals surface area contributed by atoms with Gasteiger partial charge in [-0.05, 0) is 88.7 Å². The smallest absolute Gasteiger partial charge is 0.454 e. The summed E-state index contributed by atoms with van der Waals surface area (Å²) in [6.45, 7) is 1.97. The first-order chi connectivity index (χ1) is 21.9. The molecule has 0 fully saturated rings. The highest BCUT2D eigenvalue weighted by Gasteiger charge is 2.39. The Morgan fingerprint density at radius 3 is 1.83 bits per heavy atom. The summed E-state index contributed by atoms with van der Waals surface area (Å²) in [5.41, 5.74) is 6.01. The molecule has 0 aliphatic rings. The van der Waals surface area contributed by atoms with E-state index in [1.807, 2.05) is 49.4 Å². The third-order valence-electron chi connectivity index (χ3n) is 7.66. The molecule has 0 aliphatic heterocycles. The Balaban J connectivity index is 1.39. The van der Waals surface area contributed by atoms with Gasteiger partial charge in [0.2, 0.25) is 5.91 Å². The molecule has 1 atom stereocenters. The zero-order valence-electron chi connectivity index (χ0n) is 24.4. The van der Waals surface area contributed by atoms with Gasteiger partial charge in [0.05, 0.1) is 11.5 Å². The second-order valence-corrected chi connectivity index (χ2v) is 11.2. The number of carbonyl (C=O) groups is 3. The molecule has 9 heteroatoms. The average Bonchev–Trinajstić information content (AvgIpc) is 3.04. The molecule has 0 aromatic heterocycles. The number of carboxylic acids is 1. The maximum atomic E-state index is 13.7. The van der Waals surface area contributed by atoms with Crippen LogP contribution >= 0.6 is 11.6 Å². The highest BCUT2D eigenvalue weighted by molar-refractivity contribution is 6.30. The van der Waals surface area contributed by atoms with E-state index >= 15 is 0 Å². The zero-order valence-corrected chi connectivity index (χ0v) is 25.2. The molecule has 0 heterocycles. The number of rotatable bonds is 9. The van der Waals surface area contributed by atoms with Gasteiger partial charge < -0.3 is 10.4 Å². The van der Waals surface area contributed by atoms with Gasteiger partial charge in [-0.15, -0.1) is 0 Å². The van der Waals surface area contributed by atoms with Crippen molar-refractivity contribution in [1.82, 2.24) is 0 Å². The Hall–Kier alpha value is -5.21. The van der Waals surface area contributed by atoms with Gasteiger partial charge in [-0.25, -0.2) is 4.79 Å². The van der Waals surface area contributed by atoms with Crippen molar-refractivity contribution in [3.05, 3.63) is 148 Å². The number of Topliss-reactive ketones (excluding diaryl/α,β-unsaturated/α-hetero) is 1. The molecule has 0 saturated heterocycles. The van der Waals surface area contributed by atoms with Gasteiger partial charge in [0.25, 0.3) is 5.78 Å². The van der Waals surface area contributed by atoms with Crippen molar-refractivity contribution >= 4 is 34.9 Å². The Kier molecular flexibility index (Phi) is 9.39. The molecule has 0 saturated carbocycles. The first-order valence-electron chi connectivity index (χ1n) is 14.2. The van der Waals surface area contributed by atoms with Gasteiger partial charge in [0, 0.05) is 16.3 Å². The van der Waals surface area contributed by atoms with Crippen molar-refractivity contribution in [3.63, 3.8) is 0 Å². The van der Waals surface area contributed by atoms with E-state index in [9.17, 15) is 32.7 Å². The summed E-state index contributed by atoms with van der Waals surface area (Å²) in [6, 6.07) is 31.6. The van der Waals surface area contributed by atoms with Gasteiger partial charge in [0.15, 0.2) is 0 Å². The predicted molar refractivity (Wildman–Crippen MR) is 172 cm³/mol. The lowest BCUT2D eigenvalue weighted by Crippen LogP contribution is -2.23. The van der Waals surface area contributed by atoms with E-state index in [1.54, 1.807) is 36.4 Å². The van der Waals surface area contributed by atoms with Crippen molar-refractivity contribution < 1.29 is 32.7 Å². The highest BCUT2D eigenvalue weighted by Crippen LogP contribution is 2.30. The normalized spacial score (nSPS) is 11.9. The number of amides is 1. The minimum atomic E-state index is -4.95. The van der Waals surface area contributed by atoms with Crippen LogP contribution in [-0.2, 0) is 11.2 Å². The van der Waals surface area contributed by atoms with Crippen molar-refractivity contribution in [2.24, 2.45) is 0 Å². The lowest BCUT2D eigenvalue weighted by molar-refractivity contribution is -0.117. The number of benzene rings is 5. The monoisotopic (exact) mass is 641 g/mol. The average molecular weight is 642 g/mol. The van der Waals surface area contributed by atoms with E-state index in [0.29, 0.717) is 27.4 Å². The van der Waals surface area contributed by atoms with E-state index < -0.39 is 29.4 Å². The molecule has 0 bridgehead atoms. The lowest BCUT2D eigenvalue weighted by Gasteiger charge is -2.19. The van der Waals surface area contributed by atoms with E-state index in [4.69, 9.17) is 11.6 Å². The largest absolute Gasteiger partial charge is 0.478 e. The van der Waals surface area contributed by atoms with Crippen LogP contribution in [0, 0.1) is 6.92 Å². The number of alkyl halides is 3. The fraction of sp³-hybridized carbons (Fsp3) is 0.108. The SMILES string of the molecule is Cc1cc(Cl)ccc1-c1ccc(NC(=O)C(Cc2ccc(C(=O)O)cc2)c2ccc(-c3ccc(C(=O)C(F)(F)F)cc3)cc2)cc1. The molecule has 5 rings (SSSR count). The Bertz CT molecular complexity index is 1880. The minimum Gasteiger partial charge on any atom is -0.478 e. The first kappa shape index (κ1) is 32.2. The van der Waals surface area contributed by atoms with Crippen molar-refractivity contribution in [2.75, 3.05) is 5.32 Å². The molecule has 2 N–H and O–H groups in total. The van der Waals surface area contributed by atoms with E-state index in [0.717, 1.165) is 34.4 Å². The van der Waals surface area contributed by atoms with Crippen LogP contribution in [-0.4, -0.2) is 28.9 Å². The number of ketones is 1. The number of aromatic carboxylic acids is 1. The number of anilines is 1. The third-order valence-corrected chi connectivity index (χ3v) is 7.90. The van der Waals surface area contributed by atoms with Gasteiger partial charge in [-0.3, -0.25) is 9.59 Å². The number of halogens is 4. The van der Waals surface area contributed by atoms with Crippen LogP contribution in [0.3, 0.4) is 0 Å². The molecule has 46 heavy (non-hydrogen) atoms. The number of carboxylic acid groups (broad SMARTS) is 1. The van der Waals surface area contributed by atoms with Gasteiger partial charge >= 0.3 is 12.1 Å². The Morgan fingerprint density at radius 1 is 0.739 bits per heavy atom. The van der Waals surface area contributed by atoms with Crippen LogP contribution in [0.2, 0.25) is 5.02 Å². The molecular formula is C37H27ClF3NO4. The number of carbonyl (C=O) groups excluding carboxylic acids is 2. The maximum Gasteiger partial charge on any atom is 0.454 e. The standard InChI is InChI=1S/C37H27ClF3NO4/c1-22-20-30(38)16-19-32(22)26-14-17-31(18-15-26)42-35(44)33(21-23-2-4-29(5-3-23)36(45)46)27-10-6-24(7-11-27)25-8-12-28(13-9-25)34(43)37(39,40)41/h2-20,33H,21H2,1H3,(H,42,44)(H,45,46). The van der Waals surface area contributed by atoms with Crippen LogP contribution in [0.1, 0.15) is 43.3 Å². The fourth-order valence-corrected chi connectivity index (χ4v) is 5.41. The molecule has 0 radical (unpaired) electrons. The van der Waals surface area contributed by atoms with E-state index in [2.05, 4.69) is 5.32 Å². The molecule has 5 nitrogen and oxygen atoms in total. The van der Waals surface area contributed by atoms with Crippen molar-refractivity contribution in [2.45, 2.75) is 25.4 Å². The van der Waals surface area contributed by atoms with Crippen LogP contribution in [0.4, 0.5) is 18.9 Å². The second-order valence-electron chi connectivity index (χ2n) is 10.8. The molecule has 0 spiro atoms. The molecule has 1 unspecified atom stereocenters. The second kappa shape index (κ2) is 13.4. The van der Waals surface area contributed by atoms with Crippen molar-refractivity contribution in [3.8, 4) is 22.3 Å². The quantitative estimate of drug-likeness (QED) is 0.157. The number of hydrogen-bond donors (Lipinski definition) is 2. The van der Waals surface area contributed by atoms with Crippen molar-refractivity contribution in [1.29, 1.82) is 0 Å². The Labute approximate surface area is 268 Å². The van der Waals surface area contributed by atoms with E-state index in [1.165, 1.54) is 24.3 Å². The predicted octanol–water partition coefficient (Wildman–Crippen LogP) is 9.39. The summed E-state index contributed by atoms with van der Waals surface area (Å²) in [5.74, 6) is -3.89. The third kappa shape index (κ3) is 7.53. The molecular weight excluding hydrogens is 615 g/mol. The molecule has 232 valence electrons. The first-order valence-corrected chi connectivity index (χ1v) is 14.6. The molecule has 5 aromatic rings. The molecule has 5 aromatic carbocycles. The van der Waals surface area contributed by atoms with Crippen LogP contribution in [0.15, 0.2) is 115 Å². The summed E-state index contributed by atoms with van der Waals surface area (Å²) >= 11 is 6.10. The zero-order chi connectivity index (χ0) is 33.0. The topological polar surface area (TPSA) is 83.5 Å². The van der Waals surface area contributed by atoms with Gasteiger partial charge in [-0.1, -0.05) is 90.5 Å². The number of aryl methyl sites for hydroxylation is 1. The van der Waals surface area contributed by atoms with Gasteiger partial charge in [-0.2, -0.15) is 13.2 Å².